The Hall–Kier alpha value is -0.0800. The van der Waals surface area contributed by atoms with E-state index in [0.717, 1.165) is 13.1 Å². The van der Waals surface area contributed by atoms with Gasteiger partial charge in [-0.05, 0) is 12.0 Å². The minimum atomic E-state index is 0.240. The highest BCUT2D eigenvalue weighted by molar-refractivity contribution is 4.72. The molecule has 0 aromatic rings. The molecule has 0 aromatic heterocycles. The van der Waals surface area contributed by atoms with Crippen LogP contribution in [0.5, 0.6) is 0 Å². The Morgan fingerprint density at radius 3 is 2.20 bits per heavy atom. The molecule has 0 saturated carbocycles. The number of rotatable bonds is 4. The summed E-state index contributed by atoms with van der Waals surface area (Å²) < 4.78 is 0. The third kappa shape index (κ3) is 4.77. The fourth-order valence-corrected chi connectivity index (χ4v) is 0.553. The van der Waals surface area contributed by atoms with Gasteiger partial charge in [0.1, 0.15) is 0 Å². The standard InChI is InChI=1S/C8H20N2/c1-7(2)10-6-8(3,4)5-9/h7,10H,5-6,9H2,1-4H3. The zero-order valence-corrected chi connectivity index (χ0v) is 7.57. The van der Waals surface area contributed by atoms with Gasteiger partial charge in [-0.2, -0.15) is 0 Å². The predicted octanol–water partition coefficient (Wildman–Crippen LogP) is 0.969. The molecule has 2 nitrogen and oxygen atoms in total. The normalized spacial score (nSPS) is 12.6. The maximum absolute atomic E-state index is 5.55. The lowest BCUT2D eigenvalue weighted by molar-refractivity contribution is 0.338. The molecule has 0 unspecified atom stereocenters. The Morgan fingerprint density at radius 2 is 1.90 bits per heavy atom. The second kappa shape index (κ2) is 3.94. The van der Waals surface area contributed by atoms with E-state index in [9.17, 15) is 0 Å². The summed E-state index contributed by atoms with van der Waals surface area (Å²) >= 11 is 0. The lowest BCUT2D eigenvalue weighted by atomic mass is 9.94. The van der Waals surface area contributed by atoms with E-state index in [1.807, 2.05) is 0 Å². The van der Waals surface area contributed by atoms with Gasteiger partial charge in [0, 0.05) is 12.6 Å². The molecular formula is C8H20N2. The highest BCUT2D eigenvalue weighted by atomic mass is 14.9. The minimum Gasteiger partial charge on any atom is -0.330 e. The van der Waals surface area contributed by atoms with Crippen LogP contribution in [0.2, 0.25) is 0 Å². The summed E-state index contributed by atoms with van der Waals surface area (Å²) in [6.45, 7) is 10.4. The number of hydrogen-bond acceptors (Lipinski definition) is 2. The van der Waals surface area contributed by atoms with Crippen LogP contribution in [0.25, 0.3) is 0 Å². The van der Waals surface area contributed by atoms with Crippen molar-refractivity contribution in [1.82, 2.24) is 5.32 Å². The molecule has 0 aliphatic carbocycles. The minimum absolute atomic E-state index is 0.240. The Balaban J connectivity index is 3.46. The van der Waals surface area contributed by atoms with Crippen molar-refractivity contribution in [2.75, 3.05) is 13.1 Å². The molecule has 0 aliphatic rings. The second-order valence-electron chi connectivity index (χ2n) is 3.90. The Labute approximate surface area is 64.2 Å². The summed E-state index contributed by atoms with van der Waals surface area (Å²) in [4.78, 5) is 0. The van der Waals surface area contributed by atoms with Crippen molar-refractivity contribution in [2.24, 2.45) is 11.1 Å². The molecule has 0 spiro atoms. The van der Waals surface area contributed by atoms with Crippen LogP contribution < -0.4 is 11.1 Å². The summed E-state index contributed by atoms with van der Waals surface area (Å²) in [5.74, 6) is 0. The number of hydrogen-bond donors (Lipinski definition) is 2. The topological polar surface area (TPSA) is 38.0 Å². The zero-order chi connectivity index (χ0) is 8.20. The molecule has 0 saturated heterocycles. The SMILES string of the molecule is CC(C)NCC(C)(C)CN. The summed E-state index contributed by atoms with van der Waals surface area (Å²) in [5.41, 5.74) is 5.79. The smallest absolute Gasteiger partial charge is 0.00169 e. The lowest BCUT2D eigenvalue weighted by Crippen LogP contribution is -2.38. The highest BCUT2D eigenvalue weighted by Crippen LogP contribution is 2.09. The monoisotopic (exact) mass is 144 g/mol. The number of nitrogens with one attached hydrogen (secondary N) is 1. The Bertz CT molecular complexity index is 87.3. The van der Waals surface area contributed by atoms with Crippen molar-refractivity contribution in [1.29, 1.82) is 0 Å². The van der Waals surface area contributed by atoms with Crippen LogP contribution in [-0.2, 0) is 0 Å². The van der Waals surface area contributed by atoms with Gasteiger partial charge in [0.2, 0.25) is 0 Å². The first-order valence-electron chi connectivity index (χ1n) is 3.91. The quantitative estimate of drug-likeness (QED) is 0.617. The first-order valence-corrected chi connectivity index (χ1v) is 3.91. The third-order valence-electron chi connectivity index (χ3n) is 1.54. The summed E-state index contributed by atoms with van der Waals surface area (Å²) in [7, 11) is 0. The van der Waals surface area contributed by atoms with E-state index in [1.54, 1.807) is 0 Å². The van der Waals surface area contributed by atoms with Gasteiger partial charge in [0.05, 0.1) is 0 Å². The molecule has 0 fully saturated rings. The van der Waals surface area contributed by atoms with Crippen LogP contribution in [-0.4, -0.2) is 19.1 Å². The van der Waals surface area contributed by atoms with Crippen molar-refractivity contribution < 1.29 is 0 Å². The van der Waals surface area contributed by atoms with Crippen molar-refractivity contribution in [3.05, 3.63) is 0 Å². The van der Waals surface area contributed by atoms with Crippen molar-refractivity contribution in [2.45, 2.75) is 33.7 Å². The van der Waals surface area contributed by atoms with E-state index >= 15 is 0 Å². The van der Waals surface area contributed by atoms with Gasteiger partial charge in [-0.3, -0.25) is 0 Å². The Kier molecular flexibility index (Phi) is 3.91. The molecule has 0 aromatic carbocycles. The van der Waals surface area contributed by atoms with E-state index in [2.05, 4.69) is 33.0 Å². The van der Waals surface area contributed by atoms with Gasteiger partial charge >= 0.3 is 0 Å². The van der Waals surface area contributed by atoms with Crippen LogP contribution in [0, 0.1) is 5.41 Å². The predicted molar refractivity (Wildman–Crippen MR) is 46.0 cm³/mol. The van der Waals surface area contributed by atoms with Gasteiger partial charge in [0.25, 0.3) is 0 Å². The highest BCUT2D eigenvalue weighted by Gasteiger charge is 2.14. The van der Waals surface area contributed by atoms with E-state index in [1.165, 1.54) is 0 Å². The van der Waals surface area contributed by atoms with E-state index in [0.29, 0.717) is 6.04 Å². The number of nitrogens with two attached hydrogens (primary N) is 1. The van der Waals surface area contributed by atoms with E-state index < -0.39 is 0 Å². The first-order chi connectivity index (χ1) is 4.48. The third-order valence-corrected chi connectivity index (χ3v) is 1.54. The van der Waals surface area contributed by atoms with Crippen LogP contribution in [0.4, 0.5) is 0 Å². The Morgan fingerprint density at radius 1 is 1.40 bits per heavy atom. The summed E-state index contributed by atoms with van der Waals surface area (Å²) in [6, 6.07) is 0.561. The maximum Gasteiger partial charge on any atom is 0.00169 e. The molecular weight excluding hydrogens is 124 g/mol. The van der Waals surface area contributed by atoms with Gasteiger partial charge in [-0.15, -0.1) is 0 Å². The van der Waals surface area contributed by atoms with Crippen LogP contribution in [0.1, 0.15) is 27.7 Å². The van der Waals surface area contributed by atoms with Crippen molar-refractivity contribution in [3.8, 4) is 0 Å². The molecule has 0 amide bonds. The van der Waals surface area contributed by atoms with Crippen molar-refractivity contribution >= 4 is 0 Å². The van der Waals surface area contributed by atoms with Gasteiger partial charge in [-0.1, -0.05) is 27.7 Å². The van der Waals surface area contributed by atoms with Crippen LogP contribution in [0.3, 0.4) is 0 Å². The largest absolute Gasteiger partial charge is 0.330 e. The van der Waals surface area contributed by atoms with Crippen LogP contribution in [0.15, 0.2) is 0 Å². The fourth-order valence-electron chi connectivity index (χ4n) is 0.553. The average Bonchev–Trinajstić information content (AvgIpc) is 1.85. The molecule has 0 bridgehead atoms. The van der Waals surface area contributed by atoms with Crippen molar-refractivity contribution in [3.63, 3.8) is 0 Å². The molecule has 0 aliphatic heterocycles. The summed E-state index contributed by atoms with van der Waals surface area (Å²) in [6.07, 6.45) is 0. The second-order valence-corrected chi connectivity index (χ2v) is 3.90. The molecule has 0 radical (unpaired) electrons. The van der Waals surface area contributed by atoms with Gasteiger partial charge < -0.3 is 11.1 Å². The zero-order valence-electron chi connectivity index (χ0n) is 7.57. The van der Waals surface area contributed by atoms with E-state index in [-0.39, 0.29) is 5.41 Å². The summed E-state index contributed by atoms with van der Waals surface area (Å²) in [5, 5.41) is 3.36. The lowest BCUT2D eigenvalue weighted by Gasteiger charge is -2.24. The molecule has 0 atom stereocenters. The molecule has 0 heterocycles. The fraction of sp³-hybridized carbons (Fsp3) is 1.00. The molecule has 3 N–H and O–H groups in total. The van der Waals surface area contributed by atoms with Gasteiger partial charge in [-0.25, -0.2) is 0 Å². The molecule has 10 heavy (non-hydrogen) atoms. The molecule has 2 heteroatoms. The van der Waals surface area contributed by atoms with Crippen LogP contribution >= 0.6 is 0 Å². The van der Waals surface area contributed by atoms with Gasteiger partial charge in [0.15, 0.2) is 0 Å². The molecule has 0 rings (SSSR count). The maximum atomic E-state index is 5.55. The average molecular weight is 144 g/mol. The first kappa shape index (κ1) is 9.92. The van der Waals surface area contributed by atoms with E-state index in [4.69, 9.17) is 5.73 Å². The molecule has 62 valence electrons.